The average Bonchev–Trinajstić information content (AvgIpc) is 3.32. The molecule has 0 aliphatic carbocycles. The van der Waals surface area contributed by atoms with E-state index in [2.05, 4.69) is 20.2 Å². The predicted molar refractivity (Wildman–Crippen MR) is 92.0 cm³/mol. The van der Waals surface area contributed by atoms with Crippen molar-refractivity contribution in [3.8, 4) is 0 Å². The number of benzene rings is 1. The van der Waals surface area contributed by atoms with Crippen molar-refractivity contribution in [1.29, 1.82) is 0 Å². The Hall–Kier alpha value is -2.70. The maximum atomic E-state index is 12.5. The molecule has 0 radical (unpaired) electrons. The number of hydrogen-bond acceptors (Lipinski definition) is 7. The van der Waals surface area contributed by atoms with Gasteiger partial charge in [-0.1, -0.05) is 11.3 Å². The third kappa shape index (κ3) is 4.72. The van der Waals surface area contributed by atoms with E-state index in [-0.39, 0.29) is 22.1 Å². The first-order chi connectivity index (χ1) is 12.8. The van der Waals surface area contributed by atoms with Gasteiger partial charge < -0.3 is 4.42 Å². The van der Waals surface area contributed by atoms with Gasteiger partial charge in [0.25, 0.3) is 12.3 Å². The van der Waals surface area contributed by atoms with Crippen molar-refractivity contribution >= 4 is 32.4 Å². The lowest BCUT2D eigenvalue weighted by Gasteiger charge is -2.06. The van der Waals surface area contributed by atoms with Gasteiger partial charge >= 0.3 is 0 Å². The van der Waals surface area contributed by atoms with Crippen LogP contribution in [0.3, 0.4) is 0 Å². The first-order valence-electron chi connectivity index (χ1n) is 7.40. The Labute approximate surface area is 156 Å². The molecule has 3 rings (SSSR count). The van der Waals surface area contributed by atoms with Gasteiger partial charge in [0.2, 0.25) is 15.2 Å². The second-order valence-electron chi connectivity index (χ2n) is 5.13. The summed E-state index contributed by atoms with van der Waals surface area (Å²) in [6.07, 6.45) is -1.34. The monoisotopic (exact) mass is 414 g/mol. The molecule has 0 spiro atoms. The number of sulfonamides is 1. The molecule has 0 unspecified atom stereocenters. The maximum Gasteiger partial charge on any atom is 0.291 e. The number of amides is 1. The van der Waals surface area contributed by atoms with E-state index < -0.39 is 27.4 Å². The highest BCUT2D eigenvalue weighted by Gasteiger charge is 2.18. The highest BCUT2D eigenvalue weighted by Crippen LogP contribution is 2.25. The van der Waals surface area contributed by atoms with Crippen molar-refractivity contribution in [2.45, 2.75) is 17.9 Å². The molecule has 1 aromatic carbocycles. The number of aromatic nitrogens is 2. The van der Waals surface area contributed by atoms with Crippen molar-refractivity contribution in [2.75, 3.05) is 5.32 Å². The van der Waals surface area contributed by atoms with Crippen LogP contribution in [0, 0.1) is 0 Å². The third-order valence-corrected chi connectivity index (χ3v) is 5.55. The largest absolute Gasteiger partial charge is 0.468 e. The minimum Gasteiger partial charge on any atom is -0.468 e. The summed E-state index contributed by atoms with van der Waals surface area (Å²) in [4.78, 5) is 12.1. The van der Waals surface area contributed by atoms with E-state index in [0.29, 0.717) is 17.1 Å². The minimum atomic E-state index is -3.79. The normalized spacial score (nSPS) is 11.7. The van der Waals surface area contributed by atoms with E-state index in [1.54, 1.807) is 12.1 Å². The fourth-order valence-electron chi connectivity index (χ4n) is 1.99. The molecule has 2 N–H and O–H groups in total. The van der Waals surface area contributed by atoms with Crippen LogP contribution < -0.4 is 10.0 Å². The number of anilines is 1. The zero-order chi connectivity index (χ0) is 19.4. The van der Waals surface area contributed by atoms with Crippen LogP contribution in [-0.2, 0) is 16.6 Å². The third-order valence-electron chi connectivity index (χ3n) is 3.29. The lowest BCUT2D eigenvalue weighted by atomic mass is 10.2. The fraction of sp³-hybridized carbons (Fsp3) is 0.133. The van der Waals surface area contributed by atoms with Crippen molar-refractivity contribution in [2.24, 2.45) is 0 Å². The lowest BCUT2D eigenvalue weighted by molar-refractivity contribution is 0.102. The lowest BCUT2D eigenvalue weighted by Crippen LogP contribution is -2.23. The van der Waals surface area contributed by atoms with Crippen LogP contribution in [-0.4, -0.2) is 24.5 Å². The van der Waals surface area contributed by atoms with Gasteiger partial charge in [-0.25, -0.2) is 21.9 Å². The second-order valence-corrected chi connectivity index (χ2v) is 7.90. The SMILES string of the molecule is O=C(Nc1nnc(C(F)F)s1)c1ccc(S(=O)(=O)NCc2ccco2)cc1. The molecule has 12 heteroatoms. The number of halogens is 2. The molecule has 0 bridgehead atoms. The smallest absolute Gasteiger partial charge is 0.291 e. The van der Waals surface area contributed by atoms with Crippen LogP contribution in [0.4, 0.5) is 13.9 Å². The molecule has 2 aromatic heterocycles. The maximum absolute atomic E-state index is 12.5. The summed E-state index contributed by atoms with van der Waals surface area (Å²) in [5, 5.41) is 8.46. The molecule has 142 valence electrons. The van der Waals surface area contributed by atoms with Gasteiger partial charge in [0.05, 0.1) is 17.7 Å². The van der Waals surface area contributed by atoms with E-state index in [1.807, 2.05) is 0 Å². The molecule has 0 aliphatic heterocycles. The number of alkyl halides is 2. The molecule has 0 fully saturated rings. The number of hydrogen-bond donors (Lipinski definition) is 2. The molecule has 2 heterocycles. The first kappa shape index (κ1) is 19.1. The predicted octanol–water partition coefficient (Wildman–Crippen LogP) is 2.80. The highest BCUT2D eigenvalue weighted by atomic mass is 32.2. The van der Waals surface area contributed by atoms with Crippen molar-refractivity contribution in [1.82, 2.24) is 14.9 Å². The van der Waals surface area contributed by atoms with Gasteiger partial charge in [0, 0.05) is 5.56 Å². The number of furan rings is 1. The van der Waals surface area contributed by atoms with Crippen LogP contribution in [0.5, 0.6) is 0 Å². The van der Waals surface area contributed by atoms with Gasteiger partial charge in [0.1, 0.15) is 5.76 Å². The number of rotatable bonds is 7. The number of carbonyl (C=O) groups is 1. The van der Waals surface area contributed by atoms with E-state index in [9.17, 15) is 22.0 Å². The van der Waals surface area contributed by atoms with Gasteiger partial charge in [0.15, 0.2) is 5.01 Å². The van der Waals surface area contributed by atoms with E-state index in [1.165, 1.54) is 30.5 Å². The van der Waals surface area contributed by atoms with Gasteiger partial charge in [-0.05, 0) is 36.4 Å². The summed E-state index contributed by atoms with van der Waals surface area (Å²) in [7, 11) is -3.79. The Morgan fingerprint density at radius 2 is 1.93 bits per heavy atom. The molecule has 0 atom stereocenters. The summed E-state index contributed by atoms with van der Waals surface area (Å²) in [6, 6.07) is 8.37. The van der Waals surface area contributed by atoms with Gasteiger partial charge in [-0.15, -0.1) is 10.2 Å². The summed E-state index contributed by atoms with van der Waals surface area (Å²) >= 11 is 0.558. The van der Waals surface area contributed by atoms with E-state index >= 15 is 0 Å². The average molecular weight is 414 g/mol. The molecule has 0 saturated carbocycles. The molecule has 0 aliphatic rings. The van der Waals surface area contributed by atoms with Crippen LogP contribution >= 0.6 is 11.3 Å². The number of nitrogens with one attached hydrogen (secondary N) is 2. The molecular weight excluding hydrogens is 402 g/mol. The molecule has 8 nitrogen and oxygen atoms in total. The highest BCUT2D eigenvalue weighted by molar-refractivity contribution is 7.89. The molecule has 1 amide bonds. The molecule has 27 heavy (non-hydrogen) atoms. The van der Waals surface area contributed by atoms with Crippen LogP contribution in [0.2, 0.25) is 0 Å². The Kier molecular flexibility index (Phi) is 5.58. The summed E-state index contributed by atoms with van der Waals surface area (Å²) in [6.45, 7) is -0.0128. The molecule has 0 saturated heterocycles. The Morgan fingerprint density at radius 1 is 1.19 bits per heavy atom. The second kappa shape index (κ2) is 7.90. The standard InChI is InChI=1S/C15H12F2N4O4S2/c16-12(17)14-20-21-15(26-14)19-13(22)9-3-5-11(6-4-9)27(23,24)18-8-10-2-1-7-25-10/h1-7,12,18H,8H2,(H,19,21,22). The zero-order valence-electron chi connectivity index (χ0n) is 13.4. The Morgan fingerprint density at radius 3 is 2.52 bits per heavy atom. The van der Waals surface area contributed by atoms with Crippen LogP contribution in [0.25, 0.3) is 0 Å². The molecular formula is C15H12F2N4O4S2. The summed E-state index contributed by atoms with van der Waals surface area (Å²) < 4.78 is 56.8. The number of carbonyl (C=O) groups excluding carboxylic acids is 1. The fourth-order valence-corrected chi connectivity index (χ4v) is 3.58. The zero-order valence-corrected chi connectivity index (χ0v) is 15.1. The van der Waals surface area contributed by atoms with Crippen LogP contribution in [0.15, 0.2) is 52.0 Å². The Balaban J connectivity index is 1.65. The summed E-state index contributed by atoms with van der Waals surface area (Å²) in [5.41, 5.74) is 0.133. The quantitative estimate of drug-likeness (QED) is 0.615. The van der Waals surface area contributed by atoms with E-state index in [0.717, 1.165) is 0 Å². The minimum absolute atomic E-state index is 0.0128. The summed E-state index contributed by atoms with van der Waals surface area (Å²) in [5.74, 6) is -0.172. The van der Waals surface area contributed by atoms with Gasteiger partial charge in [-0.3, -0.25) is 10.1 Å². The van der Waals surface area contributed by atoms with Crippen molar-refractivity contribution < 1.29 is 26.4 Å². The van der Waals surface area contributed by atoms with Gasteiger partial charge in [-0.2, -0.15) is 0 Å². The van der Waals surface area contributed by atoms with Crippen molar-refractivity contribution in [3.05, 3.63) is 59.0 Å². The van der Waals surface area contributed by atoms with Crippen molar-refractivity contribution in [3.63, 3.8) is 0 Å². The number of nitrogens with zero attached hydrogens (tertiary/aromatic N) is 2. The van der Waals surface area contributed by atoms with Crippen LogP contribution in [0.1, 0.15) is 27.6 Å². The first-order valence-corrected chi connectivity index (χ1v) is 9.70. The molecule has 3 aromatic rings. The van der Waals surface area contributed by atoms with E-state index in [4.69, 9.17) is 4.42 Å². The topological polar surface area (TPSA) is 114 Å². The Bertz CT molecular complexity index is 1020.